The molecular formula is C18H20ClN. The summed E-state index contributed by atoms with van der Waals surface area (Å²) in [6.45, 7) is 6.72. The lowest BCUT2D eigenvalue weighted by Crippen LogP contribution is -2.27. The van der Waals surface area contributed by atoms with Crippen molar-refractivity contribution in [3.63, 3.8) is 0 Å². The van der Waals surface area contributed by atoms with E-state index in [0.29, 0.717) is 12.0 Å². The van der Waals surface area contributed by atoms with Crippen molar-refractivity contribution < 1.29 is 0 Å². The van der Waals surface area contributed by atoms with E-state index in [2.05, 4.69) is 55.1 Å². The van der Waals surface area contributed by atoms with Crippen LogP contribution in [0.1, 0.15) is 36.6 Å². The highest BCUT2D eigenvalue weighted by Crippen LogP contribution is 2.38. The maximum atomic E-state index is 6.03. The van der Waals surface area contributed by atoms with Crippen LogP contribution in [-0.4, -0.2) is 11.4 Å². The number of fused-ring (bicyclic) bond motifs is 1. The number of halogens is 1. The molecule has 0 radical (unpaired) electrons. The zero-order valence-corrected chi connectivity index (χ0v) is 12.8. The van der Waals surface area contributed by atoms with Gasteiger partial charge in [0.05, 0.1) is 6.04 Å². The van der Waals surface area contributed by atoms with E-state index in [1.807, 2.05) is 12.1 Å². The minimum atomic E-state index is 0.367. The van der Waals surface area contributed by atoms with Gasteiger partial charge in [0.2, 0.25) is 0 Å². The van der Waals surface area contributed by atoms with Gasteiger partial charge in [-0.25, -0.2) is 0 Å². The first-order valence-corrected chi connectivity index (χ1v) is 7.60. The molecule has 2 heteroatoms. The van der Waals surface area contributed by atoms with Crippen LogP contribution in [-0.2, 0) is 6.54 Å². The average Bonchev–Trinajstić information content (AvgIpc) is 2.77. The van der Waals surface area contributed by atoms with Gasteiger partial charge in [0.25, 0.3) is 0 Å². The monoisotopic (exact) mass is 285 g/mol. The molecule has 2 aromatic rings. The maximum Gasteiger partial charge on any atom is 0.0607 e. The molecule has 2 aromatic carbocycles. The zero-order valence-electron chi connectivity index (χ0n) is 12.0. The Morgan fingerprint density at radius 2 is 1.80 bits per heavy atom. The fourth-order valence-corrected chi connectivity index (χ4v) is 3.25. The number of nitrogens with zero attached hydrogens (tertiary/aromatic N) is 1. The molecule has 20 heavy (non-hydrogen) atoms. The van der Waals surface area contributed by atoms with E-state index in [4.69, 9.17) is 11.6 Å². The Bertz CT molecular complexity index is 589. The molecule has 1 unspecified atom stereocenters. The molecule has 1 heterocycles. The third-order valence-corrected chi connectivity index (χ3v) is 4.13. The molecule has 104 valence electrons. The standard InChI is InChI=1S/C18H20ClN/c1-13(2)11-20-12-15-5-3-4-6-17(15)18(20)14-7-9-16(19)10-8-14/h3-10,13,18H,11-12H2,1-2H3. The molecule has 0 aliphatic carbocycles. The predicted molar refractivity (Wildman–Crippen MR) is 85.0 cm³/mol. The van der Waals surface area contributed by atoms with Crippen molar-refractivity contribution in [2.24, 2.45) is 5.92 Å². The minimum Gasteiger partial charge on any atom is -0.288 e. The molecule has 0 N–H and O–H groups in total. The van der Waals surface area contributed by atoms with Crippen LogP contribution in [0.5, 0.6) is 0 Å². The zero-order chi connectivity index (χ0) is 14.1. The molecule has 0 amide bonds. The lowest BCUT2D eigenvalue weighted by molar-refractivity contribution is 0.216. The fourth-order valence-electron chi connectivity index (χ4n) is 3.13. The van der Waals surface area contributed by atoms with E-state index < -0.39 is 0 Å². The van der Waals surface area contributed by atoms with Crippen LogP contribution < -0.4 is 0 Å². The lowest BCUT2D eigenvalue weighted by Gasteiger charge is -2.27. The Morgan fingerprint density at radius 3 is 2.50 bits per heavy atom. The number of hydrogen-bond donors (Lipinski definition) is 0. The topological polar surface area (TPSA) is 3.24 Å². The number of rotatable bonds is 3. The molecule has 0 saturated heterocycles. The number of hydrogen-bond acceptors (Lipinski definition) is 1. The van der Waals surface area contributed by atoms with E-state index in [0.717, 1.165) is 18.1 Å². The van der Waals surface area contributed by atoms with Gasteiger partial charge in [-0.2, -0.15) is 0 Å². The molecule has 0 bridgehead atoms. The summed E-state index contributed by atoms with van der Waals surface area (Å²) in [7, 11) is 0. The third kappa shape index (κ3) is 2.61. The first kappa shape index (κ1) is 13.7. The van der Waals surface area contributed by atoms with Gasteiger partial charge in [0, 0.05) is 18.1 Å². The molecule has 1 aliphatic heterocycles. The quantitative estimate of drug-likeness (QED) is 0.775. The highest BCUT2D eigenvalue weighted by Gasteiger charge is 2.31. The summed E-state index contributed by atoms with van der Waals surface area (Å²) in [4.78, 5) is 2.57. The van der Waals surface area contributed by atoms with Crippen LogP contribution in [0.25, 0.3) is 0 Å². The molecule has 1 atom stereocenters. The second-order valence-corrected chi connectivity index (χ2v) is 6.41. The van der Waals surface area contributed by atoms with Crippen molar-refractivity contribution in [3.8, 4) is 0 Å². The Labute approximate surface area is 126 Å². The summed E-state index contributed by atoms with van der Waals surface area (Å²) in [5.74, 6) is 0.666. The summed E-state index contributed by atoms with van der Waals surface area (Å²) < 4.78 is 0. The lowest BCUT2D eigenvalue weighted by atomic mass is 9.98. The summed E-state index contributed by atoms with van der Waals surface area (Å²) in [5, 5.41) is 0.801. The summed E-state index contributed by atoms with van der Waals surface area (Å²) in [6, 6.07) is 17.4. The molecule has 3 rings (SSSR count). The van der Waals surface area contributed by atoms with Gasteiger partial charge in [-0.1, -0.05) is 61.8 Å². The molecule has 1 aliphatic rings. The van der Waals surface area contributed by atoms with Crippen LogP contribution in [0.15, 0.2) is 48.5 Å². The van der Waals surface area contributed by atoms with Gasteiger partial charge < -0.3 is 0 Å². The maximum absolute atomic E-state index is 6.03. The van der Waals surface area contributed by atoms with E-state index in [9.17, 15) is 0 Å². The summed E-state index contributed by atoms with van der Waals surface area (Å²) in [5.41, 5.74) is 4.23. The first-order chi connectivity index (χ1) is 9.65. The summed E-state index contributed by atoms with van der Waals surface area (Å²) >= 11 is 6.03. The minimum absolute atomic E-state index is 0.367. The highest BCUT2D eigenvalue weighted by atomic mass is 35.5. The molecule has 0 spiro atoms. The Balaban J connectivity index is 2.00. The molecule has 1 nitrogen and oxygen atoms in total. The van der Waals surface area contributed by atoms with E-state index in [1.54, 1.807) is 0 Å². The second kappa shape index (κ2) is 5.59. The molecular weight excluding hydrogens is 266 g/mol. The van der Waals surface area contributed by atoms with Crippen LogP contribution >= 0.6 is 11.6 Å². The normalized spacial score (nSPS) is 18.5. The smallest absolute Gasteiger partial charge is 0.0607 e. The van der Waals surface area contributed by atoms with Crippen LogP contribution in [0.3, 0.4) is 0 Å². The first-order valence-electron chi connectivity index (χ1n) is 7.22. The molecule has 0 saturated carbocycles. The van der Waals surface area contributed by atoms with Crippen molar-refractivity contribution >= 4 is 11.6 Å². The average molecular weight is 286 g/mol. The van der Waals surface area contributed by atoms with Gasteiger partial charge in [-0.05, 0) is 34.7 Å². The van der Waals surface area contributed by atoms with Crippen molar-refractivity contribution in [1.82, 2.24) is 4.90 Å². The number of benzene rings is 2. The Morgan fingerprint density at radius 1 is 1.10 bits per heavy atom. The van der Waals surface area contributed by atoms with Gasteiger partial charge in [-0.15, -0.1) is 0 Å². The largest absolute Gasteiger partial charge is 0.288 e. The predicted octanol–water partition coefficient (Wildman–Crippen LogP) is 4.90. The Hall–Kier alpha value is -1.31. The second-order valence-electron chi connectivity index (χ2n) is 5.98. The third-order valence-electron chi connectivity index (χ3n) is 3.87. The fraction of sp³-hybridized carbons (Fsp3) is 0.333. The van der Waals surface area contributed by atoms with Crippen molar-refractivity contribution in [2.75, 3.05) is 6.54 Å². The molecule has 0 aromatic heterocycles. The van der Waals surface area contributed by atoms with Gasteiger partial charge in [-0.3, -0.25) is 4.90 Å². The van der Waals surface area contributed by atoms with Crippen LogP contribution in [0.4, 0.5) is 0 Å². The van der Waals surface area contributed by atoms with E-state index in [1.165, 1.54) is 16.7 Å². The van der Waals surface area contributed by atoms with Crippen LogP contribution in [0, 0.1) is 5.92 Å². The van der Waals surface area contributed by atoms with Crippen molar-refractivity contribution in [3.05, 3.63) is 70.2 Å². The summed E-state index contributed by atoms with van der Waals surface area (Å²) in [6.07, 6.45) is 0. The van der Waals surface area contributed by atoms with E-state index >= 15 is 0 Å². The molecule has 0 fully saturated rings. The van der Waals surface area contributed by atoms with Crippen LogP contribution in [0.2, 0.25) is 5.02 Å². The van der Waals surface area contributed by atoms with E-state index in [-0.39, 0.29) is 0 Å². The van der Waals surface area contributed by atoms with Gasteiger partial charge in [0.15, 0.2) is 0 Å². The Kier molecular flexibility index (Phi) is 3.82. The van der Waals surface area contributed by atoms with Gasteiger partial charge >= 0.3 is 0 Å². The SMILES string of the molecule is CC(C)CN1Cc2ccccc2C1c1ccc(Cl)cc1. The van der Waals surface area contributed by atoms with Crippen molar-refractivity contribution in [2.45, 2.75) is 26.4 Å². The van der Waals surface area contributed by atoms with Crippen molar-refractivity contribution in [1.29, 1.82) is 0 Å². The highest BCUT2D eigenvalue weighted by molar-refractivity contribution is 6.30. The van der Waals surface area contributed by atoms with Gasteiger partial charge in [0.1, 0.15) is 0 Å².